The number of aliphatic carboxylic acids is 1. The summed E-state index contributed by atoms with van der Waals surface area (Å²) in [5.74, 6) is -4.27. The standard InChI is InChI=1S/C33H48N6O8S/c1-3-19(2)28(39-29(42)24(35)18-48)32(45)37-26(16-20-7-11-22(40)12-8-20)31(44)36-25(6-4-5-15-34)30(43)38-27(33(46)47)17-21-9-13-23(41)14-10-21/h7-14,19,24-28,40-41,48H,3-6,15-18,34-35H2,1-2H3,(H,36,44)(H,37,45)(H,38,43)(H,39,42)(H,46,47)/t19-,24-,25-,26-,27-,28-/m0/s1. The molecule has 0 heterocycles. The first kappa shape index (κ1) is 39.8. The van der Waals surface area contributed by atoms with Gasteiger partial charge >= 0.3 is 5.97 Å². The van der Waals surface area contributed by atoms with Crippen LogP contribution in [0.25, 0.3) is 0 Å². The first-order valence-electron chi connectivity index (χ1n) is 15.9. The van der Waals surface area contributed by atoms with E-state index in [-0.39, 0.29) is 42.4 Å². The zero-order chi connectivity index (χ0) is 35.8. The maximum Gasteiger partial charge on any atom is 0.326 e. The molecule has 14 nitrogen and oxygen atoms in total. The van der Waals surface area contributed by atoms with Crippen molar-refractivity contribution in [2.75, 3.05) is 12.3 Å². The van der Waals surface area contributed by atoms with Crippen LogP contribution in [0.15, 0.2) is 48.5 Å². The molecule has 0 unspecified atom stereocenters. The van der Waals surface area contributed by atoms with Crippen molar-refractivity contribution in [1.82, 2.24) is 21.3 Å². The smallest absolute Gasteiger partial charge is 0.326 e. The van der Waals surface area contributed by atoms with Crippen LogP contribution in [0.4, 0.5) is 0 Å². The van der Waals surface area contributed by atoms with Crippen LogP contribution < -0.4 is 32.7 Å². The number of hydrogen-bond acceptors (Lipinski definition) is 10. The molecule has 4 amide bonds. The molecule has 0 spiro atoms. The molecule has 2 aromatic rings. The minimum Gasteiger partial charge on any atom is -0.508 e. The van der Waals surface area contributed by atoms with Crippen molar-refractivity contribution >= 4 is 42.2 Å². The molecule has 6 atom stereocenters. The van der Waals surface area contributed by atoms with Crippen LogP contribution in [0.5, 0.6) is 11.5 Å². The van der Waals surface area contributed by atoms with Gasteiger partial charge in [0.15, 0.2) is 0 Å². The van der Waals surface area contributed by atoms with Crippen molar-refractivity contribution in [2.45, 2.75) is 82.6 Å². The molecule has 0 bridgehead atoms. The molecule has 0 aliphatic rings. The van der Waals surface area contributed by atoms with E-state index in [2.05, 4.69) is 33.9 Å². The summed E-state index contributed by atoms with van der Waals surface area (Å²) in [5, 5.41) is 39.7. The number of amides is 4. The number of phenols is 2. The van der Waals surface area contributed by atoms with Crippen LogP contribution in [-0.2, 0) is 36.8 Å². The van der Waals surface area contributed by atoms with E-state index in [9.17, 15) is 39.3 Å². The van der Waals surface area contributed by atoms with Crippen LogP contribution in [0.1, 0.15) is 50.7 Å². The lowest BCUT2D eigenvalue weighted by molar-refractivity contribution is -0.142. The molecule has 264 valence electrons. The minimum atomic E-state index is -1.34. The third-order valence-corrected chi connectivity index (χ3v) is 8.30. The number of nitrogens with two attached hydrogens (primary N) is 2. The maximum absolute atomic E-state index is 13.8. The fourth-order valence-electron chi connectivity index (χ4n) is 4.76. The minimum absolute atomic E-state index is 0.000731. The molecule has 0 aliphatic carbocycles. The van der Waals surface area contributed by atoms with Gasteiger partial charge in [-0.2, -0.15) is 12.6 Å². The summed E-state index contributed by atoms with van der Waals surface area (Å²) in [4.78, 5) is 65.6. The van der Waals surface area contributed by atoms with Gasteiger partial charge in [-0.05, 0) is 67.1 Å². The number of thiol groups is 1. The second-order valence-electron chi connectivity index (χ2n) is 11.7. The predicted molar refractivity (Wildman–Crippen MR) is 183 cm³/mol. The molecule has 15 heteroatoms. The highest BCUT2D eigenvalue weighted by Crippen LogP contribution is 2.15. The highest BCUT2D eigenvalue weighted by atomic mass is 32.1. The van der Waals surface area contributed by atoms with Gasteiger partial charge in [0.25, 0.3) is 0 Å². The largest absolute Gasteiger partial charge is 0.508 e. The molecular weight excluding hydrogens is 640 g/mol. The summed E-state index contributed by atoms with van der Waals surface area (Å²) in [5.41, 5.74) is 12.6. The van der Waals surface area contributed by atoms with Crippen LogP contribution in [0.2, 0.25) is 0 Å². The summed E-state index contributed by atoms with van der Waals surface area (Å²) < 4.78 is 0. The van der Waals surface area contributed by atoms with Gasteiger partial charge in [0.1, 0.15) is 35.7 Å². The number of benzene rings is 2. The molecule has 0 aliphatic heterocycles. The summed E-state index contributed by atoms with van der Waals surface area (Å²) in [6.45, 7) is 3.94. The van der Waals surface area contributed by atoms with E-state index in [0.717, 1.165) is 0 Å². The van der Waals surface area contributed by atoms with Crippen molar-refractivity contribution in [3.8, 4) is 11.5 Å². The molecule has 2 rings (SSSR count). The van der Waals surface area contributed by atoms with Crippen LogP contribution >= 0.6 is 12.6 Å². The van der Waals surface area contributed by atoms with Gasteiger partial charge in [0, 0.05) is 18.6 Å². The normalized spacial score (nSPS) is 14.8. The number of aromatic hydroxyl groups is 2. The third kappa shape index (κ3) is 13.0. The van der Waals surface area contributed by atoms with Crippen LogP contribution in [0, 0.1) is 5.92 Å². The Morgan fingerprint density at radius 1 is 0.729 bits per heavy atom. The molecule has 2 aromatic carbocycles. The molecular formula is C33H48N6O8S. The summed E-state index contributed by atoms with van der Waals surface area (Å²) in [6, 6.07) is 6.14. The molecule has 48 heavy (non-hydrogen) atoms. The number of carbonyl (C=O) groups excluding carboxylic acids is 4. The van der Waals surface area contributed by atoms with Crippen molar-refractivity contribution < 1.29 is 39.3 Å². The fourth-order valence-corrected chi connectivity index (χ4v) is 4.92. The predicted octanol–water partition coefficient (Wildman–Crippen LogP) is 0.339. The maximum atomic E-state index is 13.8. The van der Waals surface area contributed by atoms with E-state index in [0.29, 0.717) is 36.9 Å². The quantitative estimate of drug-likeness (QED) is 0.0675. The summed E-state index contributed by atoms with van der Waals surface area (Å²) >= 11 is 4.05. The van der Waals surface area contributed by atoms with Gasteiger partial charge in [-0.25, -0.2) is 4.79 Å². The topological polar surface area (TPSA) is 246 Å². The van der Waals surface area contributed by atoms with E-state index in [4.69, 9.17) is 11.5 Å². The van der Waals surface area contributed by atoms with Crippen LogP contribution in [0.3, 0.4) is 0 Å². The fraction of sp³-hybridized carbons (Fsp3) is 0.485. The van der Waals surface area contributed by atoms with Gasteiger partial charge in [-0.1, -0.05) is 44.5 Å². The molecule has 0 saturated heterocycles. The van der Waals surface area contributed by atoms with E-state index in [1.54, 1.807) is 19.1 Å². The molecule has 11 N–H and O–H groups in total. The number of unbranched alkanes of at least 4 members (excludes halogenated alkanes) is 1. The van der Waals surface area contributed by atoms with Crippen molar-refractivity contribution in [3.05, 3.63) is 59.7 Å². The second-order valence-corrected chi connectivity index (χ2v) is 12.1. The van der Waals surface area contributed by atoms with E-state index >= 15 is 0 Å². The Bertz CT molecular complexity index is 1360. The third-order valence-electron chi connectivity index (χ3n) is 7.91. The Balaban J connectivity index is 2.35. The first-order chi connectivity index (χ1) is 22.8. The Morgan fingerprint density at radius 2 is 1.21 bits per heavy atom. The van der Waals surface area contributed by atoms with Gasteiger partial charge in [0.05, 0.1) is 6.04 Å². The zero-order valence-corrected chi connectivity index (χ0v) is 28.1. The van der Waals surface area contributed by atoms with Gasteiger partial charge in [-0.15, -0.1) is 0 Å². The highest BCUT2D eigenvalue weighted by molar-refractivity contribution is 7.80. The molecule has 0 aromatic heterocycles. The average Bonchev–Trinajstić information content (AvgIpc) is 3.06. The van der Waals surface area contributed by atoms with Crippen molar-refractivity contribution in [2.24, 2.45) is 17.4 Å². The first-order valence-corrected chi connectivity index (χ1v) is 16.5. The van der Waals surface area contributed by atoms with Crippen molar-refractivity contribution in [3.63, 3.8) is 0 Å². The van der Waals surface area contributed by atoms with Crippen LogP contribution in [-0.4, -0.2) is 87.4 Å². The Labute approximate surface area is 285 Å². The SMILES string of the molecule is CC[C@H](C)[C@H](NC(=O)[C@@H](N)CS)C(=O)N[C@@H](Cc1ccc(O)cc1)C(=O)N[C@@H](CCCCN)C(=O)N[C@@H](Cc1ccc(O)cc1)C(=O)O. The second kappa shape index (κ2) is 20.1. The van der Waals surface area contributed by atoms with Gasteiger partial charge < -0.3 is 48.1 Å². The van der Waals surface area contributed by atoms with Gasteiger partial charge in [-0.3, -0.25) is 19.2 Å². The lowest BCUT2D eigenvalue weighted by Crippen LogP contribution is -2.60. The number of phenolic OH excluding ortho intramolecular Hbond substituents is 2. The number of carbonyl (C=O) groups is 5. The molecule has 0 fully saturated rings. The Kier molecular flexibility index (Phi) is 16.7. The number of carboxylic acid groups (broad SMARTS) is 1. The van der Waals surface area contributed by atoms with E-state index in [1.807, 2.05) is 6.92 Å². The molecule has 0 radical (unpaired) electrons. The molecule has 0 saturated carbocycles. The monoisotopic (exact) mass is 688 g/mol. The Morgan fingerprint density at radius 3 is 1.69 bits per heavy atom. The van der Waals surface area contributed by atoms with E-state index < -0.39 is 59.8 Å². The number of rotatable bonds is 20. The lowest BCUT2D eigenvalue weighted by atomic mass is 9.96. The van der Waals surface area contributed by atoms with E-state index in [1.165, 1.54) is 36.4 Å². The highest BCUT2D eigenvalue weighted by Gasteiger charge is 2.33. The van der Waals surface area contributed by atoms with Crippen molar-refractivity contribution in [1.29, 1.82) is 0 Å². The summed E-state index contributed by atoms with van der Waals surface area (Å²) in [7, 11) is 0. The van der Waals surface area contributed by atoms with Gasteiger partial charge in [0.2, 0.25) is 23.6 Å². The number of nitrogens with one attached hydrogen (secondary N) is 4. The average molecular weight is 689 g/mol. The lowest BCUT2D eigenvalue weighted by Gasteiger charge is -2.28. The Hall–Kier alpha value is -4.34. The summed E-state index contributed by atoms with van der Waals surface area (Å²) in [6.07, 6.45) is 1.50. The number of hydrogen-bond donors (Lipinski definition) is 10. The number of carboxylic acids is 1. The zero-order valence-electron chi connectivity index (χ0n) is 27.2.